The van der Waals surface area contributed by atoms with Gasteiger partial charge in [-0.25, -0.2) is 19.2 Å². The van der Waals surface area contributed by atoms with Gasteiger partial charge in [0.05, 0.1) is 28.1 Å². The maximum Gasteiger partial charge on any atom is 0.366 e. The Balaban J connectivity index is 1.66. The Morgan fingerprint density at radius 2 is 1.70 bits per heavy atom. The number of nitrogens with one attached hydrogen (secondary N) is 1. The molecule has 0 spiro atoms. The number of esters is 1. The van der Waals surface area contributed by atoms with Crippen molar-refractivity contribution in [3.8, 4) is 28.3 Å². The normalized spacial score (nSPS) is 11.0. The van der Waals surface area contributed by atoms with Crippen LogP contribution in [0.4, 0.5) is 10.2 Å². The first-order valence-corrected chi connectivity index (χ1v) is 10.2. The van der Waals surface area contributed by atoms with Crippen LogP contribution in [0.15, 0.2) is 72.9 Å². The lowest BCUT2D eigenvalue weighted by Crippen LogP contribution is -2.16. The largest absolute Gasteiger partial charge is 0.422 e. The molecular weight excluding hydrogens is 445 g/mol. The van der Waals surface area contributed by atoms with E-state index < -0.39 is 11.8 Å². The Kier molecular flexibility index (Phi) is 5.20. The first-order chi connectivity index (χ1) is 16.0. The highest BCUT2D eigenvalue weighted by molar-refractivity contribution is 6.35. The molecule has 5 rings (SSSR count). The molecule has 0 fully saturated rings. The van der Waals surface area contributed by atoms with Gasteiger partial charge in [0.2, 0.25) is 0 Å². The van der Waals surface area contributed by atoms with Crippen molar-refractivity contribution in [2.24, 2.45) is 0 Å². The monoisotopic (exact) mass is 459 g/mol. The molecule has 7 nitrogen and oxygen atoms in total. The van der Waals surface area contributed by atoms with Crippen LogP contribution in [0.1, 0.15) is 10.5 Å². The van der Waals surface area contributed by atoms with Crippen molar-refractivity contribution in [3.05, 3.63) is 89.5 Å². The first kappa shape index (κ1) is 20.6. The summed E-state index contributed by atoms with van der Waals surface area (Å²) in [7, 11) is 0. The van der Waals surface area contributed by atoms with Gasteiger partial charge in [0.1, 0.15) is 11.6 Å². The van der Waals surface area contributed by atoms with Gasteiger partial charge in [0.25, 0.3) is 0 Å². The average Bonchev–Trinajstić information content (AvgIpc) is 3.30. The number of carbonyl (C=O) groups is 1. The fourth-order valence-corrected chi connectivity index (χ4v) is 3.67. The van der Waals surface area contributed by atoms with Crippen molar-refractivity contribution < 1.29 is 13.9 Å². The van der Waals surface area contributed by atoms with Crippen LogP contribution >= 0.6 is 11.6 Å². The molecule has 162 valence electrons. The number of H-pyrrole nitrogens is 1. The lowest BCUT2D eigenvalue weighted by atomic mass is 10.0. The van der Waals surface area contributed by atoms with E-state index in [0.717, 1.165) is 10.9 Å². The van der Waals surface area contributed by atoms with Gasteiger partial charge in [-0.3, -0.25) is 5.10 Å². The average molecular weight is 460 g/mol. The predicted molar refractivity (Wildman–Crippen MR) is 123 cm³/mol. The number of hydrogen-bond donors (Lipinski definition) is 2. The zero-order valence-electron chi connectivity index (χ0n) is 16.9. The van der Waals surface area contributed by atoms with Gasteiger partial charge >= 0.3 is 5.97 Å². The summed E-state index contributed by atoms with van der Waals surface area (Å²) in [4.78, 5) is 21.9. The summed E-state index contributed by atoms with van der Waals surface area (Å²) in [6, 6.07) is 17.9. The smallest absolute Gasteiger partial charge is 0.366 e. The fourth-order valence-electron chi connectivity index (χ4n) is 3.41. The second-order valence-corrected chi connectivity index (χ2v) is 7.56. The number of benzene rings is 3. The van der Waals surface area contributed by atoms with E-state index in [9.17, 15) is 9.18 Å². The molecule has 0 bridgehead atoms. The molecule has 0 saturated carbocycles. The van der Waals surface area contributed by atoms with Gasteiger partial charge in [0.15, 0.2) is 11.5 Å². The summed E-state index contributed by atoms with van der Waals surface area (Å²) in [5, 5.41) is 8.08. The van der Waals surface area contributed by atoms with Gasteiger partial charge in [0, 0.05) is 16.5 Å². The topological polar surface area (TPSA) is 107 Å². The molecule has 3 N–H and O–H groups in total. The molecule has 5 aromatic rings. The van der Waals surface area contributed by atoms with Crippen LogP contribution in [0.25, 0.3) is 33.4 Å². The maximum atomic E-state index is 13.2. The van der Waals surface area contributed by atoms with E-state index in [1.807, 2.05) is 36.4 Å². The highest BCUT2D eigenvalue weighted by Crippen LogP contribution is 2.35. The Labute approximate surface area is 192 Å². The Bertz CT molecular complexity index is 1490. The summed E-state index contributed by atoms with van der Waals surface area (Å²) >= 11 is 6.44. The van der Waals surface area contributed by atoms with Crippen LogP contribution in [0.5, 0.6) is 5.75 Å². The van der Waals surface area contributed by atoms with Gasteiger partial charge in [-0.1, -0.05) is 41.9 Å². The van der Waals surface area contributed by atoms with Crippen LogP contribution in [0, 0.1) is 5.82 Å². The number of rotatable bonds is 4. The van der Waals surface area contributed by atoms with Crippen LogP contribution in [-0.2, 0) is 0 Å². The van der Waals surface area contributed by atoms with Crippen molar-refractivity contribution >= 4 is 34.3 Å². The number of hydrogen-bond acceptors (Lipinski definition) is 6. The number of fused-ring (bicyclic) bond motifs is 1. The Morgan fingerprint density at radius 1 is 0.970 bits per heavy atom. The van der Waals surface area contributed by atoms with Gasteiger partial charge < -0.3 is 10.5 Å². The quantitative estimate of drug-likeness (QED) is 0.279. The number of aromatic amines is 1. The number of nitrogens with zero attached hydrogens (tertiary/aromatic N) is 3. The standard InChI is InChI=1S/C24H15ClFN5O2/c25-18-11-14(10-15-12-28-31-19(15)18)21-20(13-4-2-1-3-5-13)30-23(27)22(29-21)24(32)33-17-8-6-16(26)7-9-17/h1-12H,(H2,27,30)(H,28,31). The van der Waals surface area contributed by atoms with Crippen LogP contribution in [0.2, 0.25) is 5.02 Å². The summed E-state index contributed by atoms with van der Waals surface area (Å²) < 4.78 is 18.5. The van der Waals surface area contributed by atoms with Crippen LogP contribution in [0.3, 0.4) is 0 Å². The van der Waals surface area contributed by atoms with Crippen LogP contribution < -0.4 is 10.5 Å². The van der Waals surface area contributed by atoms with Crippen molar-refractivity contribution in [1.29, 1.82) is 0 Å². The number of halogens is 2. The third kappa shape index (κ3) is 3.99. The number of nitrogen functional groups attached to an aromatic ring is 1. The number of anilines is 1. The van der Waals surface area contributed by atoms with E-state index in [1.165, 1.54) is 24.3 Å². The van der Waals surface area contributed by atoms with E-state index in [0.29, 0.717) is 27.5 Å². The van der Waals surface area contributed by atoms with Crippen molar-refractivity contribution in [2.45, 2.75) is 0 Å². The molecule has 2 aromatic heterocycles. The third-order valence-electron chi connectivity index (χ3n) is 4.96. The van der Waals surface area contributed by atoms with Gasteiger partial charge in [-0.05, 0) is 36.4 Å². The van der Waals surface area contributed by atoms with Crippen molar-refractivity contribution in [1.82, 2.24) is 20.2 Å². The fraction of sp³-hybridized carbons (Fsp3) is 0. The van der Waals surface area contributed by atoms with Crippen molar-refractivity contribution in [2.75, 3.05) is 5.73 Å². The van der Waals surface area contributed by atoms with Gasteiger partial charge in [-0.2, -0.15) is 5.10 Å². The summed E-state index contributed by atoms with van der Waals surface area (Å²) in [5.74, 6) is -1.21. The van der Waals surface area contributed by atoms with E-state index >= 15 is 0 Å². The molecule has 0 amide bonds. The van der Waals surface area contributed by atoms with Gasteiger partial charge in [-0.15, -0.1) is 0 Å². The zero-order valence-corrected chi connectivity index (χ0v) is 17.7. The lowest BCUT2D eigenvalue weighted by molar-refractivity contribution is 0.0729. The first-order valence-electron chi connectivity index (χ1n) is 9.83. The summed E-state index contributed by atoms with van der Waals surface area (Å²) in [6.45, 7) is 0. The molecule has 0 atom stereocenters. The molecule has 0 unspecified atom stereocenters. The van der Waals surface area contributed by atoms with E-state index in [4.69, 9.17) is 22.1 Å². The van der Waals surface area contributed by atoms with E-state index in [2.05, 4.69) is 20.2 Å². The van der Waals surface area contributed by atoms with Crippen molar-refractivity contribution in [3.63, 3.8) is 0 Å². The molecule has 2 heterocycles. The predicted octanol–water partition coefficient (Wildman–Crippen LogP) is 5.28. The second-order valence-electron chi connectivity index (χ2n) is 7.16. The highest BCUT2D eigenvalue weighted by Gasteiger charge is 2.22. The molecule has 0 aliphatic carbocycles. The highest BCUT2D eigenvalue weighted by atomic mass is 35.5. The number of nitrogens with two attached hydrogens (primary N) is 1. The molecule has 9 heteroatoms. The summed E-state index contributed by atoms with van der Waals surface area (Å²) in [6.07, 6.45) is 1.64. The molecule has 0 radical (unpaired) electrons. The lowest BCUT2D eigenvalue weighted by Gasteiger charge is -2.13. The SMILES string of the molecule is Nc1nc(-c2ccccc2)c(-c2cc(Cl)c3[nH]ncc3c2)nc1C(=O)Oc1ccc(F)cc1. The molecule has 0 saturated heterocycles. The molecule has 0 aliphatic rings. The molecule has 33 heavy (non-hydrogen) atoms. The number of ether oxygens (including phenoxy) is 1. The zero-order chi connectivity index (χ0) is 22.9. The third-order valence-corrected chi connectivity index (χ3v) is 5.26. The number of aromatic nitrogens is 4. The maximum absolute atomic E-state index is 13.2. The Morgan fingerprint density at radius 3 is 2.45 bits per heavy atom. The minimum absolute atomic E-state index is 0.0970. The van der Waals surface area contributed by atoms with Crippen LogP contribution in [-0.4, -0.2) is 26.1 Å². The molecular formula is C24H15ClFN5O2. The van der Waals surface area contributed by atoms with E-state index in [1.54, 1.807) is 12.3 Å². The minimum Gasteiger partial charge on any atom is -0.422 e. The molecule has 3 aromatic carbocycles. The second kappa shape index (κ2) is 8.33. The summed E-state index contributed by atoms with van der Waals surface area (Å²) in [5.41, 5.74) is 8.88. The Hall–Kier alpha value is -4.30. The minimum atomic E-state index is -0.817. The number of carbonyl (C=O) groups excluding carboxylic acids is 1. The molecule has 0 aliphatic heterocycles. The van der Waals surface area contributed by atoms with E-state index in [-0.39, 0.29) is 17.3 Å².